The molecular formula is C22H23N5O4. The number of anilines is 2. The molecule has 0 spiro atoms. The normalized spacial score (nSPS) is 15.7. The van der Waals surface area contributed by atoms with Crippen molar-refractivity contribution in [1.82, 2.24) is 14.9 Å². The number of aromatic nitrogens is 2. The largest absolute Gasteiger partial charge is 0.396 e. The number of hydrogen-bond acceptors (Lipinski definition) is 5. The molecule has 0 radical (unpaired) electrons. The highest BCUT2D eigenvalue weighted by molar-refractivity contribution is 6.11. The van der Waals surface area contributed by atoms with E-state index < -0.39 is 23.8 Å². The van der Waals surface area contributed by atoms with E-state index in [9.17, 15) is 14.4 Å². The van der Waals surface area contributed by atoms with Gasteiger partial charge in [0.2, 0.25) is 11.8 Å². The molecule has 1 atom stereocenters. The van der Waals surface area contributed by atoms with Crippen molar-refractivity contribution in [2.45, 2.75) is 25.3 Å². The lowest BCUT2D eigenvalue weighted by molar-refractivity contribution is -0.122. The van der Waals surface area contributed by atoms with E-state index in [0.29, 0.717) is 29.8 Å². The van der Waals surface area contributed by atoms with Gasteiger partial charge in [-0.25, -0.2) is 4.98 Å². The highest BCUT2D eigenvalue weighted by Crippen LogP contribution is 2.22. The highest BCUT2D eigenvalue weighted by atomic mass is 16.3. The predicted molar refractivity (Wildman–Crippen MR) is 116 cm³/mol. The van der Waals surface area contributed by atoms with Crippen LogP contribution in [0.1, 0.15) is 29.0 Å². The maximum Gasteiger partial charge on any atom is 0.254 e. The van der Waals surface area contributed by atoms with Crippen LogP contribution in [0.3, 0.4) is 0 Å². The molecule has 1 aliphatic heterocycles. The van der Waals surface area contributed by atoms with Gasteiger partial charge in [-0.1, -0.05) is 12.1 Å². The van der Waals surface area contributed by atoms with Gasteiger partial charge in [-0.2, -0.15) is 0 Å². The van der Waals surface area contributed by atoms with E-state index in [1.807, 2.05) is 17.7 Å². The Morgan fingerprint density at radius 1 is 1.23 bits per heavy atom. The van der Waals surface area contributed by atoms with Crippen LogP contribution in [-0.2, 0) is 23.1 Å². The summed E-state index contributed by atoms with van der Waals surface area (Å²) in [5.74, 6) is -0.397. The first-order valence-corrected chi connectivity index (χ1v) is 10.0. The van der Waals surface area contributed by atoms with Gasteiger partial charge in [-0.05, 0) is 36.8 Å². The second-order valence-electron chi connectivity index (χ2n) is 7.43. The molecule has 2 heterocycles. The lowest BCUT2D eigenvalue weighted by Gasteiger charge is -2.14. The van der Waals surface area contributed by atoms with Crippen molar-refractivity contribution < 1.29 is 19.5 Å². The van der Waals surface area contributed by atoms with Crippen LogP contribution in [0.25, 0.3) is 11.0 Å². The zero-order chi connectivity index (χ0) is 22.0. The van der Waals surface area contributed by atoms with Crippen LogP contribution < -0.4 is 16.0 Å². The maximum atomic E-state index is 12.6. The average Bonchev–Trinajstić information content (AvgIpc) is 3.00. The summed E-state index contributed by atoms with van der Waals surface area (Å²) in [6, 6.07) is 11.1. The first-order chi connectivity index (χ1) is 15.0. The number of amides is 3. The van der Waals surface area contributed by atoms with Gasteiger partial charge < -0.3 is 25.6 Å². The topological polar surface area (TPSA) is 125 Å². The lowest BCUT2D eigenvalue weighted by atomic mass is 10.1. The summed E-state index contributed by atoms with van der Waals surface area (Å²) >= 11 is 0. The van der Waals surface area contributed by atoms with Gasteiger partial charge in [0.15, 0.2) is 0 Å². The standard InChI is InChI=1S/C22H23N5O4/c1-27-18-9-8-13(11-16(18)24-19(27)7-4-10-28)23-20(29)12-17-22(31)25-15-6-3-2-5-14(15)21(30)26-17/h2-3,5-6,8-9,11,17,28H,4,7,10,12H2,1H3,(H,23,29)(H,25,31)(H,26,30)/t17-/m0/s1. The Bertz CT molecular complexity index is 1170. The highest BCUT2D eigenvalue weighted by Gasteiger charge is 2.29. The fraction of sp³-hybridized carbons (Fsp3) is 0.273. The van der Waals surface area contributed by atoms with Gasteiger partial charge >= 0.3 is 0 Å². The first-order valence-electron chi connectivity index (χ1n) is 10.0. The van der Waals surface area contributed by atoms with Crippen LogP contribution in [0, 0.1) is 0 Å². The number of aliphatic hydroxyl groups is 1. The molecule has 1 aliphatic rings. The number of benzene rings is 2. The molecule has 31 heavy (non-hydrogen) atoms. The molecule has 4 rings (SSSR count). The molecule has 4 N–H and O–H groups in total. The van der Waals surface area contributed by atoms with E-state index in [2.05, 4.69) is 20.9 Å². The minimum Gasteiger partial charge on any atom is -0.396 e. The average molecular weight is 421 g/mol. The maximum absolute atomic E-state index is 12.6. The van der Waals surface area contributed by atoms with Crippen LogP contribution >= 0.6 is 0 Å². The van der Waals surface area contributed by atoms with E-state index in [0.717, 1.165) is 16.9 Å². The summed E-state index contributed by atoms with van der Waals surface area (Å²) in [6.45, 7) is 0.0981. The minimum absolute atomic E-state index is 0.0981. The molecule has 9 heteroatoms. The van der Waals surface area contributed by atoms with Crippen LogP contribution in [0.4, 0.5) is 11.4 Å². The Balaban J connectivity index is 1.45. The number of aliphatic hydroxyl groups excluding tert-OH is 1. The Kier molecular flexibility index (Phi) is 5.68. The Morgan fingerprint density at radius 3 is 2.84 bits per heavy atom. The molecule has 9 nitrogen and oxygen atoms in total. The molecule has 3 amide bonds. The summed E-state index contributed by atoms with van der Waals surface area (Å²) in [4.78, 5) is 42.0. The number of para-hydroxylation sites is 1. The number of nitrogens with zero attached hydrogens (tertiary/aromatic N) is 2. The molecule has 0 bridgehead atoms. The van der Waals surface area contributed by atoms with E-state index in [4.69, 9.17) is 5.11 Å². The van der Waals surface area contributed by atoms with Crippen molar-refractivity contribution in [2.24, 2.45) is 7.05 Å². The molecule has 0 saturated carbocycles. The van der Waals surface area contributed by atoms with Crippen molar-refractivity contribution in [2.75, 3.05) is 17.2 Å². The summed E-state index contributed by atoms with van der Waals surface area (Å²) in [5, 5.41) is 17.1. The quantitative estimate of drug-likeness (QED) is 0.481. The Hall–Kier alpha value is -3.72. The van der Waals surface area contributed by atoms with E-state index in [1.165, 1.54) is 0 Å². The molecule has 0 aliphatic carbocycles. The number of hydrogen-bond donors (Lipinski definition) is 4. The Morgan fingerprint density at radius 2 is 2.03 bits per heavy atom. The lowest BCUT2D eigenvalue weighted by Crippen LogP contribution is -2.43. The monoisotopic (exact) mass is 421 g/mol. The molecule has 2 aromatic carbocycles. The van der Waals surface area contributed by atoms with Crippen LogP contribution in [0.5, 0.6) is 0 Å². The van der Waals surface area contributed by atoms with Crippen molar-refractivity contribution in [3.63, 3.8) is 0 Å². The minimum atomic E-state index is -0.983. The smallest absolute Gasteiger partial charge is 0.254 e. The second kappa shape index (κ2) is 8.57. The van der Waals surface area contributed by atoms with Gasteiger partial charge in [0.25, 0.3) is 5.91 Å². The van der Waals surface area contributed by atoms with Crippen LogP contribution in [0.15, 0.2) is 42.5 Å². The number of aryl methyl sites for hydroxylation is 2. The number of imidazole rings is 1. The number of carbonyl (C=O) groups excluding carboxylic acids is 3. The van der Waals surface area contributed by atoms with Gasteiger partial charge in [-0.15, -0.1) is 0 Å². The third-order valence-electron chi connectivity index (χ3n) is 5.26. The summed E-state index contributed by atoms with van der Waals surface area (Å²) in [5.41, 5.74) is 2.97. The first kappa shape index (κ1) is 20.5. The molecule has 3 aromatic rings. The predicted octanol–water partition coefficient (Wildman–Crippen LogP) is 1.58. The van der Waals surface area contributed by atoms with E-state index in [-0.39, 0.29) is 13.0 Å². The van der Waals surface area contributed by atoms with Crippen LogP contribution in [-0.4, -0.2) is 45.0 Å². The second-order valence-corrected chi connectivity index (χ2v) is 7.43. The van der Waals surface area contributed by atoms with E-state index >= 15 is 0 Å². The zero-order valence-electron chi connectivity index (χ0n) is 17.0. The fourth-order valence-electron chi connectivity index (χ4n) is 3.64. The number of nitrogens with one attached hydrogen (secondary N) is 3. The van der Waals surface area contributed by atoms with Crippen molar-refractivity contribution in [3.8, 4) is 0 Å². The van der Waals surface area contributed by atoms with Crippen LogP contribution in [0.2, 0.25) is 0 Å². The third kappa shape index (κ3) is 4.26. The summed E-state index contributed by atoms with van der Waals surface area (Å²) in [6.07, 6.45) is 1.08. The number of fused-ring (bicyclic) bond motifs is 2. The van der Waals surface area contributed by atoms with Crippen molar-refractivity contribution >= 4 is 40.1 Å². The molecule has 0 fully saturated rings. The number of rotatable bonds is 6. The third-order valence-corrected chi connectivity index (χ3v) is 5.26. The van der Waals surface area contributed by atoms with E-state index in [1.54, 1.807) is 36.4 Å². The molecule has 0 unspecified atom stereocenters. The van der Waals surface area contributed by atoms with Crippen molar-refractivity contribution in [1.29, 1.82) is 0 Å². The molecule has 0 saturated heterocycles. The van der Waals surface area contributed by atoms with Crippen molar-refractivity contribution in [3.05, 3.63) is 53.9 Å². The Labute approximate surface area is 178 Å². The summed E-state index contributed by atoms with van der Waals surface area (Å²) < 4.78 is 1.96. The SMILES string of the molecule is Cn1c(CCCO)nc2cc(NC(=O)C[C@@H]3NC(=O)c4ccccc4NC3=O)ccc21. The van der Waals surface area contributed by atoms with Gasteiger partial charge in [0.1, 0.15) is 11.9 Å². The van der Waals surface area contributed by atoms with Gasteiger partial charge in [-0.3, -0.25) is 14.4 Å². The zero-order valence-corrected chi connectivity index (χ0v) is 17.0. The molecule has 1 aromatic heterocycles. The van der Waals surface area contributed by atoms with Gasteiger partial charge in [0, 0.05) is 25.8 Å². The fourth-order valence-corrected chi connectivity index (χ4v) is 3.64. The summed E-state index contributed by atoms with van der Waals surface area (Å²) in [7, 11) is 1.91. The number of carbonyl (C=O) groups is 3. The molecular weight excluding hydrogens is 398 g/mol. The molecule has 160 valence electrons. The van der Waals surface area contributed by atoms with Gasteiger partial charge in [0.05, 0.1) is 28.7 Å².